The third-order valence-electron chi connectivity index (χ3n) is 2.00. The van der Waals surface area contributed by atoms with Crippen LogP contribution in [0.15, 0.2) is 24.4 Å². The van der Waals surface area contributed by atoms with Crippen LogP contribution in [0.3, 0.4) is 0 Å². The van der Waals surface area contributed by atoms with E-state index in [2.05, 4.69) is 8.75 Å². The molecular formula is C10H7ClN2O2S. The Morgan fingerprint density at radius 2 is 2.31 bits per heavy atom. The summed E-state index contributed by atoms with van der Waals surface area (Å²) in [4.78, 5) is 12.0. The van der Waals surface area contributed by atoms with Gasteiger partial charge in [0.05, 0.1) is 30.6 Å². The van der Waals surface area contributed by atoms with Gasteiger partial charge in [-0.1, -0.05) is 11.6 Å². The number of carbonyl (C=O) groups excluding carboxylic acids is 1. The molecule has 0 unspecified atom stereocenters. The second-order valence-corrected chi connectivity index (χ2v) is 3.96. The highest BCUT2D eigenvalue weighted by Gasteiger charge is 2.17. The van der Waals surface area contributed by atoms with Crippen molar-refractivity contribution in [1.82, 2.24) is 8.75 Å². The molecule has 0 aliphatic heterocycles. The van der Waals surface area contributed by atoms with Crippen LogP contribution in [0.4, 0.5) is 0 Å². The van der Waals surface area contributed by atoms with Crippen LogP contribution in [0.1, 0.15) is 16.1 Å². The lowest BCUT2D eigenvalue weighted by molar-refractivity contribution is 0.103. The van der Waals surface area contributed by atoms with Gasteiger partial charge in [-0.25, -0.2) is 0 Å². The summed E-state index contributed by atoms with van der Waals surface area (Å²) in [6.07, 6.45) is 1.42. The predicted molar refractivity (Wildman–Crippen MR) is 61.3 cm³/mol. The maximum atomic E-state index is 12.0. The molecule has 0 amide bonds. The van der Waals surface area contributed by atoms with Gasteiger partial charge in [-0.15, -0.1) is 0 Å². The molecule has 82 valence electrons. The molecule has 0 N–H and O–H groups in total. The summed E-state index contributed by atoms with van der Waals surface area (Å²) >= 11 is 6.82. The molecule has 2 aromatic rings. The number of aromatic nitrogens is 2. The molecular weight excluding hydrogens is 248 g/mol. The number of hydrogen-bond donors (Lipinski definition) is 0. The van der Waals surface area contributed by atoms with E-state index in [1.54, 1.807) is 18.2 Å². The summed E-state index contributed by atoms with van der Waals surface area (Å²) in [7, 11) is 1.50. The summed E-state index contributed by atoms with van der Waals surface area (Å²) in [6, 6.07) is 4.87. The smallest absolute Gasteiger partial charge is 0.217 e. The lowest BCUT2D eigenvalue weighted by atomic mass is 10.1. The van der Waals surface area contributed by atoms with E-state index in [-0.39, 0.29) is 5.78 Å². The van der Waals surface area contributed by atoms with Crippen LogP contribution in [0.5, 0.6) is 5.75 Å². The van der Waals surface area contributed by atoms with E-state index >= 15 is 0 Å². The molecule has 1 aromatic heterocycles. The van der Waals surface area contributed by atoms with E-state index in [0.29, 0.717) is 22.0 Å². The second kappa shape index (κ2) is 4.59. The van der Waals surface area contributed by atoms with Crippen LogP contribution in [0.2, 0.25) is 5.02 Å². The summed E-state index contributed by atoms with van der Waals surface area (Å²) in [6.45, 7) is 0. The second-order valence-electron chi connectivity index (χ2n) is 2.97. The van der Waals surface area contributed by atoms with E-state index in [0.717, 1.165) is 11.7 Å². The Morgan fingerprint density at radius 1 is 1.50 bits per heavy atom. The minimum atomic E-state index is -0.242. The van der Waals surface area contributed by atoms with E-state index in [9.17, 15) is 4.79 Å². The van der Waals surface area contributed by atoms with Gasteiger partial charge in [0.1, 0.15) is 11.4 Å². The van der Waals surface area contributed by atoms with Crippen molar-refractivity contribution < 1.29 is 9.53 Å². The van der Waals surface area contributed by atoms with Crippen LogP contribution in [0, 0.1) is 0 Å². The molecule has 1 aromatic carbocycles. The van der Waals surface area contributed by atoms with E-state index in [4.69, 9.17) is 16.3 Å². The van der Waals surface area contributed by atoms with Crippen LogP contribution < -0.4 is 4.74 Å². The number of ketones is 1. The van der Waals surface area contributed by atoms with Gasteiger partial charge in [0.2, 0.25) is 5.78 Å². The molecule has 6 heteroatoms. The van der Waals surface area contributed by atoms with Gasteiger partial charge in [-0.3, -0.25) is 4.79 Å². The van der Waals surface area contributed by atoms with Gasteiger partial charge >= 0.3 is 0 Å². The summed E-state index contributed by atoms with van der Waals surface area (Å²) in [5.74, 6) is 0.232. The molecule has 0 aliphatic carbocycles. The quantitative estimate of drug-likeness (QED) is 0.790. The van der Waals surface area contributed by atoms with Crippen LogP contribution in [0.25, 0.3) is 0 Å². The maximum Gasteiger partial charge on any atom is 0.217 e. The first kappa shape index (κ1) is 11.0. The Bertz CT molecular complexity index is 514. The minimum Gasteiger partial charge on any atom is -0.496 e. The normalized spacial score (nSPS) is 10.1. The zero-order valence-corrected chi connectivity index (χ0v) is 9.88. The van der Waals surface area contributed by atoms with Gasteiger partial charge in [0.25, 0.3) is 0 Å². The Balaban J connectivity index is 2.47. The Labute approximate surface area is 101 Å². The molecule has 0 fully saturated rings. The molecule has 16 heavy (non-hydrogen) atoms. The van der Waals surface area contributed by atoms with Crippen molar-refractivity contribution in [3.05, 3.63) is 40.7 Å². The number of hydrogen-bond acceptors (Lipinski definition) is 5. The van der Waals surface area contributed by atoms with Crippen molar-refractivity contribution in [3.63, 3.8) is 0 Å². The summed E-state index contributed by atoms with van der Waals surface area (Å²) < 4.78 is 12.8. The highest BCUT2D eigenvalue weighted by atomic mass is 35.5. The van der Waals surface area contributed by atoms with E-state index < -0.39 is 0 Å². The van der Waals surface area contributed by atoms with Crippen molar-refractivity contribution in [2.24, 2.45) is 0 Å². The largest absolute Gasteiger partial charge is 0.496 e. The molecule has 0 saturated carbocycles. The zero-order valence-electron chi connectivity index (χ0n) is 8.31. The predicted octanol–water partition coefficient (Wildman–Crippen LogP) is 2.43. The third-order valence-corrected chi connectivity index (χ3v) is 2.71. The highest BCUT2D eigenvalue weighted by Crippen LogP contribution is 2.24. The molecule has 2 rings (SSSR count). The first-order valence-corrected chi connectivity index (χ1v) is 5.49. The van der Waals surface area contributed by atoms with E-state index in [1.165, 1.54) is 13.3 Å². The average molecular weight is 255 g/mol. The van der Waals surface area contributed by atoms with Crippen LogP contribution >= 0.6 is 23.3 Å². The fraction of sp³-hybridized carbons (Fsp3) is 0.100. The molecule has 1 heterocycles. The van der Waals surface area contributed by atoms with Crippen molar-refractivity contribution in [1.29, 1.82) is 0 Å². The topological polar surface area (TPSA) is 52.1 Å². The number of benzene rings is 1. The molecule has 0 radical (unpaired) electrons. The first-order valence-electron chi connectivity index (χ1n) is 4.38. The fourth-order valence-corrected chi connectivity index (χ4v) is 1.84. The first-order chi connectivity index (χ1) is 7.72. The summed E-state index contributed by atoms with van der Waals surface area (Å²) in [5.41, 5.74) is 0.688. The number of halogens is 1. The lowest BCUT2D eigenvalue weighted by Crippen LogP contribution is -2.04. The summed E-state index contributed by atoms with van der Waals surface area (Å²) in [5, 5.41) is 0.479. The molecule has 0 saturated heterocycles. The highest BCUT2D eigenvalue weighted by molar-refractivity contribution is 6.99. The Morgan fingerprint density at radius 3 is 2.94 bits per heavy atom. The SMILES string of the molecule is COc1ccc(Cl)cc1C(=O)c1cnsn1. The third kappa shape index (κ3) is 2.05. The van der Waals surface area contributed by atoms with Crippen molar-refractivity contribution in [3.8, 4) is 5.75 Å². The molecule has 0 aliphatic rings. The average Bonchev–Trinajstić information content (AvgIpc) is 2.81. The van der Waals surface area contributed by atoms with Crippen molar-refractivity contribution in [2.45, 2.75) is 0 Å². The van der Waals surface area contributed by atoms with Crippen LogP contribution in [-0.4, -0.2) is 21.6 Å². The van der Waals surface area contributed by atoms with Gasteiger partial charge in [0.15, 0.2) is 0 Å². The minimum absolute atomic E-state index is 0.242. The number of carbonyl (C=O) groups is 1. The number of nitrogens with zero attached hydrogens (tertiary/aromatic N) is 2. The molecule has 4 nitrogen and oxygen atoms in total. The van der Waals surface area contributed by atoms with Gasteiger partial charge in [-0.2, -0.15) is 8.75 Å². The monoisotopic (exact) mass is 254 g/mol. The number of ether oxygens (including phenoxy) is 1. The zero-order chi connectivity index (χ0) is 11.5. The van der Waals surface area contributed by atoms with E-state index in [1.807, 2.05) is 0 Å². The van der Waals surface area contributed by atoms with Gasteiger partial charge < -0.3 is 4.74 Å². The fourth-order valence-electron chi connectivity index (χ4n) is 1.26. The molecule has 0 atom stereocenters. The van der Waals surface area contributed by atoms with Gasteiger partial charge in [-0.05, 0) is 18.2 Å². The Kier molecular flexibility index (Phi) is 3.17. The standard InChI is InChI=1S/C10H7ClN2O2S/c1-15-9-3-2-6(11)4-7(9)10(14)8-5-12-16-13-8/h2-5H,1H3. The van der Waals surface area contributed by atoms with Crippen molar-refractivity contribution in [2.75, 3.05) is 7.11 Å². The Hall–Kier alpha value is -1.46. The maximum absolute atomic E-state index is 12.0. The number of methoxy groups -OCH3 is 1. The van der Waals surface area contributed by atoms with Gasteiger partial charge in [0, 0.05) is 5.02 Å². The lowest BCUT2D eigenvalue weighted by Gasteiger charge is -2.06. The molecule has 0 spiro atoms. The number of rotatable bonds is 3. The molecule has 0 bridgehead atoms. The van der Waals surface area contributed by atoms with Crippen LogP contribution in [-0.2, 0) is 0 Å². The van der Waals surface area contributed by atoms with Crippen molar-refractivity contribution >= 4 is 29.1 Å².